The number of fused-ring (bicyclic) bond motifs is 1. The number of rotatable bonds is 4. The maximum atomic E-state index is 13.8. The Labute approximate surface area is 228 Å². The summed E-state index contributed by atoms with van der Waals surface area (Å²) in [6.45, 7) is 7.30. The zero-order chi connectivity index (χ0) is 26.6. The fourth-order valence-corrected chi connectivity index (χ4v) is 5.70. The number of para-hydroxylation sites is 1. The number of carbonyl (C=O) groups is 3. The topological polar surface area (TPSA) is 88.2 Å². The van der Waals surface area contributed by atoms with E-state index in [1.807, 2.05) is 49.4 Å². The number of piperazine rings is 1. The lowest BCUT2D eigenvalue weighted by Crippen LogP contribution is -2.52. The lowest BCUT2D eigenvalue weighted by molar-refractivity contribution is -0.130. The summed E-state index contributed by atoms with van der Waals surface area (Å²) < 4.78 is 0. The van der Waals surface area contributed by atoms with E-state index in [-0.39, 0.29) is 30.4 Å². The van der Waals surface area contributed by atoms with E-state index in [0.29, 0.717) is 36.8 Å². The average Bonchev–Trinajstić information content (AvgIpc) is 3.44. The van der Waals surface area contributed by atoms with Crippen LogP contribution in [-0.4, -0.2) is 86.0 Å². The molecule has 10 heteroatoms. The molecule has 2 fully saturated rings. The normalized spacial score (nSPS) is 19.7. The van der Waals surface area contributed by atoms with Gasteiger partial charge < -0.3 is 30.2 Å². The van der Waals surface area contributed by atoms with E-state index in [9.17, 15) is 14.4 Å². The molecule has 9 nitrogen and oxygen atoms in total. The van der Waals surface area contributed by atoms with Gasteiger partial charge in [0.25, 0.3) is 5.91 Å². The van der Waals surface area contributed by atoms with Crippen molar-refractivity contribution in [2.45, 2.75) is 32.4 Å². The van der Waals surface area contributed by atoms with Gasteiger partial charge in [-0.05, 0) is 49.6 Å². The van der Waals surface area contributed by atoms with E-state index < -0.39 is 0 Å². The lowest BCUT2D eigenvalue weighted by Gasteiger charge is -2.30. The van der Waals surface area contributed by atoms with Crippen molar-refractivity contribution in [1.82, 2.24) is 20.4 Å². The third-order valence-corrected chi connectivity index (χ3v) is 7.94. The first-order valence-electron chi connectivity index (χ1n) is 13.4. The zero-order valence-corrected chi connectivity index (χ0v) is 22.5. The Morgan fingerprint density at radius 2 is 1.76 bits per heavy atom. The van der Waals surface area contributed by atoms with Crippen molar-refractivity contribution in [2.24, 2.45) is 0 Å². The molecule has 202 valence electrons. The molecule has 5 rings (SSSR count). The van der Waals surface area contributed by atoms with E-state index in [4.69, 9.17) is 11.6 Å². The summed E-state index contributed by atoms with van der Waals surface area (Å²) in [6, 6.07) is 12.7. The Morgan fingerprint density at radius 3 is 2.50 bits per heavy atom. The van der Waals surface area contributed by atoms with Crippen molar-refractivity contribution >= 4 is 40.8 Å². The highest BCUT2D eigenvalue weighted by Gasteiger charge is 2.32. The zero-order valence-electron chi connectivity index (χ0n) is 21.8. The van der Waals surface area contributed by atoms with E-state index in [0.717, 1.165) is 56.0 Å². The molecule has 1 atom stereocenters. The van der Waals surface area contributed by atoms with Crippen LogP contribution < -0.4 is 20.4 Å². The van der Waals surface area contributed by atoms with Crippen molar-refractivity contribution < 1.29 is 14.4 Å². The maximum absolute atomic E-state index is 13.8. The highest BCUT2D eigenvalue weighted by Crippen LogP contribution is 2.32. The Hall–Kier alpha value is -3.30. The Kier molecular flexibility index (Phi) is 8.04. The summed E-state index contributed by atoms with van der Waals surface area (Å²) >= 11 is 6.65. The largest absolute Gasteiger partial charge is 0.371 e. The molecule has 4 amide bonds. The molecule has 3 aliphatic rings. The van der Waals surface area contributed by atoms with Crippen LogP contribution in [0.1, 0.15) is 35.7 Å². The van der Waals surface area contributed by atoms with Crippen LogP contribution in [0, 0.1) is 0 Å². The molecule has 38 heavy (non-hydrogen) atoms. The second-order valence-electron chi connectivity index (χ2n) is 10.2. The highest BCUT2D eigenvalue weighted by molar-refractivity contribution is 6.35. The number of hydrogen-bond acceptors (Lipinski definition) is 5. The molecule has 0 spiro atoms. The van der Waals surface area contributed by atoms with E-state index in [1.165, 1.54) is 0 Å². The summed E-state index contributed by atoms with van der Waals surface area (Å²) in [6.07, 6.45) is 2.32. The minimum atomic E-state index is -0.321. The second kappa shape index (κ2) is 11.6. The minimum absolute atomic E-state index is 0.0503. The number of anilines is 2. The van der Waals surface area contributed by atoms with Gasteiger partial charge in [-0.3, -0.25) is 9.59 Å². The van der Waals surface area contributed by atoms with Gasteiger partial charge in [0.15, 0.2) is 0 Å². The van der Waals surface area contributed by atoms with Gasteiger partial charge in [-0.15, -0.1) is 0 Å². The van der Waals surface area contributed by atoms with Gasteiger partial charge >= 0.3 is 6.03 Å². The van der Waals surface area contributed by atoms with Crippen molar-refractivity contribution in [1.29, 1.82) is 0 Å². The summed E-state index contributed by atoms with van der Waals surface area (Å²) in [5.41, 5.74) is 3.10. The molecule has 2 aromatic rings. The third-order valence-electron chi connectivity index (χ3n) is 7.62. The molecule has 3 aliphatic heterocycles. The minimum Gasteiger partial charge on any atom is -0.371 e. The molecule has 0 radical (unpaired) electrons. The van der Waals surface area contributed by atoms with Crippen LogP contribution in [0.25, 0.3) is 0 Å². The van der Waals surface area contributed by atoms with Gasteiger partial charge in [-0.1, -0.05) is 29.8 Å². The predicted molar refractivity (Wildman–Crippen MR) is 149 cm³/mol. The molecule has 2 aromatic carbocycles. The van der Waals surface area contributed by atoms with Crippen LogP contribution in [0.5, 0.6) is 0 Å². The van der Waals surface area contributed by atoms with Gasteiger partial charge in [-0.2, -0.15) is 0 Å². The summed E-state index contributed by atoms with van der Waals surface area (Å²) in [7, 11) is 0. The van der Waals surface area contributed by atoms with Crippen LogP contribution in [0.2, 0.25) is 5.02 Å². The van der Waals surface area contributed by atoms with Gasteiger partial charge in [0.05, 0.1) is 17.1 Å². The van der Waals surface area contributed by atoms with Gasteiger partial charge in [0.2, 0.25) is 5.91 Å². The van der Waals surface area contributed by atoms with Crippen LogP contribution in [0.3, 0.4) is 0 Å². The quantitative estimate of drug-likeness (QED) is 0.625. The molecule has 0 saturated carbocycles. The lowest BCUT2D eigenvalue weighted by atomic mass is 10.1. The number of nitrogens with one attached hydrogen (secondary N) is 2. The van der Waals surface area contributed by atoms with Crippen molar-refractivity contribution in [3.05, 3.63) is 58.6 Å². The molecule has 0 aromatic heterocycles. The van der Waals surface area contributed by atoms with Gasteiger partial charge in [-0.25, -0.2) is 4.79 Å². The van der Waals surface area contributed by atoms with E-state index in [2.05, 4.69) is 15.5 Å². The Balaban J connectivity index is 1.32. The molecule has 0 unspecified atom stereocenters. The average molecular weight is 539 g/mol. The fourth-order valence-electron chi connectivity index (χ4n) is 5.45. The molecule has 2 N–H and O–H groups in total. The molecule has 0 aliphatic carbocycles. The van der Waals surface area contributed by atoms with Crippen molar-refractivity contribution in [3.63, 3.8) is 0 Å². The summed E-state index contributed by atoms with van der Waals surface area (Å²) in [5, 5.41) is 6.45. The van der Waals surface area contributed by atoms with Crippen molar-refractivity contribution in [3.8, 4) is 0 Å². The maximum Gasteiger partial charge on any atom is 0.318 e. The van der Waals surface area contributed by atoms with Gasteiger partial charge in [0, 0.05) is 69.8 Å². The first kappa shape index (κ1) is 26.3. The van der Waals surface area contributed by atoms with Crippen molar-refractivity contribution in [2.75, 3.05) is 62.2 Å². The number of amides is 4. The number of hydrogen-bond donors (Lipinski definition) is 2. The van der Waals surface area contributed by atoms with Crippen LogP contribution in [-0.2, 0) is 11.3 Å². The predicted octanol–water partition coefficient (Wildman–Crippen LogP) is 2.93. The molecule has 3 heterocycles. The fraction of sp³-hybridized carbons (Fsp3) is 0.464. The number of halogens is 1. The number of carbonyl (C=O) groups excluding carboxylic acids is 3. The van der Waals surface area contributed by atoms with E-state index in [1.54, 1.807) is 14.7 Å². The molecular weight excluding hydrogens is 504 g/mol. The standard InChI is InChI=1S/C28H35ClN6O3/c1-20-18-35(27(37)23-9-8-22(16-24(23)29)32-12-4-5-13-32)25-7-3-2-6-21(25)19-34(20)28(38)31-17-26(36)33-14-10-30-11-15-33/h2-3,6-9,16,20,30H,4-5,10-15,17-19H2,1H3,(H,31,38)/t20-/m1/s1. The molecule has 2 saturated heterocycles. The summed E-state index contributed by atoms with van der Waals surface area (Å²) in [5.74, 6) is -0.287. The SMILES string of the molecule is C[C@@H]1CN(C(=O)c2ccc(N3CCCC3)cc2Cl)c2ccccc2CN1C(=O)NCC(=O)N1CCNCC1. The number of nitrogens with zero attached hydrogens (tertiary/aromatic N) is 4. The first-order valence-corrected chi connectivity index (χ1v) is 13.8. The Bertz CT molecular complexity index is 1190. The van der Waals surface area contributed by atoms with Crippen LogP contribution in [0.15, 0.2) is 42.5 Å². The first-order chi connectivity index (χ1) is 18.4. The Morgan fingerprint density at radius 1 is 1.03 bits per heavy atom. The second-order valence-corrected chi connectivity index (χ2v) is 10.6. The van der Waals surface area contributed by atoms with Gasteiger partial charge in [0.1, 0.15) is 0 Å². The molecule has 0 bridgehead atoms. The third kappa shape index (κ3) is 5.59. The smallest absolute Gasteiger partial charge is 0.318 e. The summed E-state index contributed by atoms with van der Waals surface area (Å²) in [4.78, 5) is 47.1. The number of benzene rings is 2. The monoisotopic (exact) mass is 538 g/mol. The molecular formula is C28H35ClN6O3. The highest BCUT2D eigenvalue weighted by atomic mass is 35.5. The van der Waals surface area contributed by atoms with Crippen LogP contribution >= 0.6 is 11.6 Å². The van der Waals surface area contributed by atoms with Crippen LogP contribution in [0.4, 0.5) is 16.2 Å². The number of urea groups is 1. The van der Waals surface area contributed by atoms with E-state index >= 15 is 0 Å².